The highest BCUT2D eigenvalue weighted by Crippen LogP contribution is 2.25. The molecule has 1 atom stereocenters. The lowest BCUT2D eigenvalue weighted by atomic mass is 9.98. The SMILES string of the molecule is CCCNC(Cc1ccc2c(c1)CCC2)c1cnn(C)c1. The Morgan fingerprint density at radius 2 is 2.14 bits per heavy atom. The van der Waals surface area contributed by atoms with Crippen LogP contribution in [-0.2, 0) is 26.3 Å². The summed E-state index contributed by atoms with van der Waals surface area (Å²) in [7, 11) is 1.98. The van der Waals surface area contributed by atoms with E-state index in [1.807, 2.05) is 17.9 Å². The van der Waals surface area contributed by atoms with Crippen LogP contribution in [0, 0.1) is 0 Å². The molecule has 2 aromatic rings. The largest absolute Gasteiger partial charge is 0.310 e. The number of rotatable bonds is 6. The van der Waals surface area contributed by atoms with Gasteiger partial charge in [0.2, 0.25) is 0 Å². The molecule has 0 spiro atoms. The summed E-state index contributed by atoms with van der Waals surface area (Å²) >= 11 is 0. The van der Waals surface area contributed by atoms with Crippen molar-refractivity contribution in [3.8, 4) is 0 Å². The maximum atomic E-state index is 4.32. The van der Waals surface area contributed by atoms with E-state index in [1.165, 1.54) is 30.4 Å². The predicted octanol–water partition coefficient (Wildman–Crippen LogP) is 3.19. The molecule has 0 amide bonds. The van der Waals surface area contributed by atoms with Gasteiger partial charge in [-0.25, -0.2) is 0 Å². The van der Waals surface area contributed by atoms with Gasteiger partial charge in [-0.05, 0) is 55.3 Å². The van der Waals surface area contributed by atoms with Crippen molar-refractivity contribution in [3.63, 3.8) is 0 Å². The maximum absolute atomic E-state index is 4.32. The van der Waals surface area contributed by atoms with Crippen LogP contribution in [0.3, 0.4) is 0 Å². The van der Waals surface area contributed by atoms with Gasteiger partial charge in [0.25, 0.3) is 0 Å². The molecule has 1 aromatic heterocycles. The topological polar surface area (TPSA) is 29.9 Å². The number of nitrogens with zero attached hydrogens (tertiary/aromatic N) is 2. The summed E-state index contributed by atoms with van der Waals surface area (Å²) in [5.41, 5.74) is 5.84. The molecular weight excluding hydrogens is 258 g/mol. The molecule has 3 nitrogen and oxygen atoms in total. The van der Waals surface area contributed by atoms with Gasteiger partial charge >= 0.3 is 0 Å². The van der Waals surface area contributed by atoms with E-state index >= 15 is 0 Å². The van der Waals surface area contributed by atoms with Crippen LogP contribution in [0.1, 0.15) is 48.1 Å². The minimum absolute atomic E-state index is 0.359. The van der Waals surface area contributed by atoms with Crippen molar-refractivity contribution in [1.29, 1.82) is 0 Å². The molecule has 1 heterocycles. The second-order valence-electron chi connectivity index (χ2n) is 6.11. The molecule has 0 fully saturated rings. The van der Waals surface area contributed by atoms with Crippen molar-refractivity contribution < 1.29 is 0 Å². The molecule has 1 N–H and O–H groups in total. The van der Waals surface area contributed by atoms with Gasteiger partial charge in [0.15, 0.2) is 0 Å². The first-order valence-corrected chi connectivity index (χ1v) is 8.09. The lowest BCUT2D eigenvalue weighted by molar-refractivity contribution is 0.528. The summed E-state index contributed by atoms with van der Waals surface area (Å²) < 4.78 is 1.89. The Labute approximate surface area is 127 Å². The van der Waals surface area contributed by atoms with Crippen LogP contribution < -0.4 is 5.32 Å². The zero-order valence-electron chi connectivity index (χ0n) is 13.1. The molecule has 0 saturated heterocycles. The average molecular weight is 283 g/mol. The number of hydrogen-bond acceptors (Lipinski definition) is 2. The number of benzene rings is 1. The summed E-state index contributed by atoms with van der Waals surface area (Å²) in [6, 6.07) is 7.41. The average Bonchev–Trinajstić information content (AvgIpc) is 3.11. The Morgan fingerprint density at radius 3 is 2.90 bits per heavy atom. The van der Waals surface area contributed by atoms with Crippen molar-refractivity contribution >= 4 is 0 Å². The van der Waals surface area contributed by atoms with Crippen molar-refractivity contribution in [2.75, 3.05) is 6.54 Å². The van der Waals surface area contributed by atoms with Crippen molar-refractivity contribution in [3.05, 3.63) is 52.8 Å². The summed E-state index contributed by atoms with van der Waals surface area (Å²) in [4.78, 5) is 0. The second-order valence-corrected chi connectivity index (χ2v) is 6.11. The van der Waals surface area contributed by atoms with E-state index in [0.29, 0.717) is 6.04 Å². The molecule has 3 rings (SSSR count). The van der Waals surface area contributed by atoms with Crippen LogP contribution in [0.15, 0.2) is 30.6 Å². The van der Waals surface area contributed by atoms with Crippen LogP contribution in [0.2, 0.25) is 0 Å². The number of aryl methyl sites for hydroxylation is 3. The molecule has 21 heavy (non-hydrogen) atoms. The number of aromatic nitrogens is 2. The number of hydrogen-bond donors (Lipinski definition) is 1. The summed E-state index contributed by atoms with van der Waals surface area (Å²) in [6.45, 7) is 3.26. The fourth-order valence-corrected chi connectivity index (χ4v) is 3.23. The standard InChI is InChI=1S/C18H25N3/c1-3-9-19-18(17-12-20-21(2)13-17)11-14-7-8-15-5-4-6-16(15)10-14/h7-8,10,12-13,18-19H,3-6,9,11H2,1-2H3. The third kappa shape index (κ3) is 3.35. The van der Waals surface area contributed by atoms with Crippen LogP contribution in [0.4, 0.5) is 0 Å². The number of nitrogens with one attached hydrogen (secondary N) is 1. The minimum Gasteiger partial charge on any atom is -0.310 e. The first-order chi connectivity index (χ1) is 10.3. The van der Waals surface area contributed by atoms with E-state index in [9.17, 15) is 0 Å². The highest BCUT2D eigenvalue weighted by molar-refractivity contribution is 5.36. The van der Waals surface area contributed by atoms with Gasteiger partial charge in [0.05, 0.1) is 6.20 Å². The van der Waals surface area contributed by atoms with Crippen LogP contribution in [0.5, 0.6) is 0 Å². The van der Waals surface area contributed by atoms with Gasteiger partial charge in [-0.3, -0.25) is 4.68 Å². The highest BCUT2D eigenvalue weighted by Gasteiger charge is 2.16. The zero-order valence-corrected chi connectivity index (χ0v) is 13.1. The lowest BCUT2D eigenvalue weighted by Gasteiger charge is -2.18. The molecule has 1 aliphatic rings. The van der Waals surface area contributed by atoms with Gasteiger partial charge < -0.3 is 5.32 Å². The Kier molecular flexibility index (Phi) is 4.39. The Morgan fingerprint density at radius 1 is 1.29 bits per heavy atom. The van der Waals surface area contributed by atoms with Crippen LogP contribution in [-0.4, -0.2) is 16.3 Å². The highest BCUT2D eigenvalue weighted by atomic mass is 15.2. The van der Waals surface area contributed by atoms with Crippen LogP contribution in [0.25, 0.3) is 0 Å². The van der Waals surface area contributed by atoms with Crippen molar-refractivity contribution in [2.45, 2.75) is 45.1 Å². The summed E-state index contributed by atoms with van der Waals surface area (Å²) in [6.07, 6.45) is 10.1. The fourth-order valence-electron chi connectivity index (χ4n) is 3.23. The van der Waals surface area contributed by atoms with Crippen LogP contribution >= 0.6 is 0 Å². The third-order valence-corrected chi connectivity index (χ3v) is 4.37. The molecule has 1 aromatic carbocycles. The molecule has 1 aliphatic carbocycles. The van der Waals surface area contributed by atoms with Crippen molar-refractivity contribution in [1.82, 2.24) is 15.1 Å². The monoisotopic (exact) mass is 283 g/mol. The predicted molar refractivity (Wildman–Crippen MR) is 86.4 cm³/mol. The quantitative estimate of drug-likeness (QED) is 0.882. The number of fused-ring (bicyclic) bond motifs is 1. The van der Waals surface area contributed by atoms with E-state index in [0.717, 1.165) is 19.4 Å². The van der Waals surface area contributed by atoms with E-state index in [1.54, 1.807) is 11.1 Å². The minimum atomic E-state index is 0.359. The lowest BCUT2D eigenvalue weighted by Crippen LogP contribution is -2.23. The molecule has 0 saturated carbocycles. The third-order valence-electron chi connectivity index (χ3n) is 4.37. The Hall–Kier alpha value is -1.61. The summed E-state index contributed by atoms with van der Waals surface area (Å²) in [5, 5.41) is 7.98. The molecular formula is C18H25N3. The second kappa shape index (κ2) is 6.44. The molecule has 0 radical (unpaired) electrons. The molecule has 3 heteroatoms. The zero-order chi connectivity index (χ0) is 14.7. The molecule has 112 valence electrons. The van der Waals surface area contributed by atoms with E-state index in [-0.39, 0.29) is 0 Å². The Bertz CT molecular complexity index is 600. The van der Waals surface area contributed by atoms with Crippen molar-refractivity contribution in [2.24, 2.45) is 7.05 Å². The smallest absolute Gasteiger partial charge is 0.0537 e. The van der Waals surface area contributed by atoms with Gasteiger partial charge in [0.1, 0.15) is 0 Å². The van der Waals surface area contributed by atoms with Gasteiger partial charge in [-0.1, -0.05) is 25.1 Å². The molecule has 1 unspecified atom stereocenters. The van der Waals surface area contributed by atoms with Gasteiger partial charge in [0, 0.05) is 24.8 Å². The van der Waals surface area contributed by atoms with Gasteiger partial charge in [-0.2, -0.15) is 5.10 Å². The van der Waals surface area contributed by atoms with E-state index in [4.69, 9.17) is 0 Å². The first kappa shape index (κ1) is 14.3. The van der Waals surface area contributed by atoms with E-state index < -0.39 is 0 Å². The Balaban J connectivity index is 1.77. The maximum Gasteiger partial charge on any atom is 0.0537 e. The normalized spacial score (nSPS) is 15.1. The summed E-state index contributed by atoms with van der Waals surface area (Å²) in [5.74, 6) is 0. The van der Waals surface area contributed by atoms with E-state index in [2.05, 4.69) is 41.7 Å². The molecule has 0 bridgehead atoms. The van der Waals surface area contributed by atoms with Gasteiger partial charge in [-0.15, -0.1) is 0 Å². The molecule has 0 aliphatic heterocycles. The fraction of sp³-hybridized carbons (Fsp3) is 0.500. The first-order valence-electron chi connectivity index (χ1n) is 8.09.